The predicted molar refractivity (Wildman–Crippen MR) is 107 cm³/mol. The Bertz CT molecular complexity index is 710. The van der Waals surface area contributed by atoms with Crippen molar-refractivity contribution in [2.45, 2.75) is 46.6 Å². The molecule has 1 aromatic heterocycles. The molecular weight excluding hydrogens is 326 g/mol. The van der Waals surface area contributed by atoms with E-state index in [1.54, 1.807) is 12.1 Å². The van der Waals surface area contributed by atoms with Gasteiger partial charge in [-0.1, -0.05) is 20.3 Å². The van der Waals surface area contributed by atoms with Crippen LogP contribution in [-0.4, -0.2) is 40.9 Å². The average molecular weight is 357 g/mol. The first-order chi connectivity index (χ1) is 12.7. The Balaban J connectivity index is 1.85. The van der Waals surface area contributed by atoms with Crippen LogP contribution in [-0.2, 0) is 6.54 Å². The van der Waals surface area contributed by atoms with E-state index in [4.69, 9.17) is 4.74 Å². The van der Waals surface area contributed by atoms with E-state index >= 15 is 0 Å². The second-order valence-electron chi connectivity index (χ2n) is 6.39. The van der Waals surface area contributed by atoms with Gasteiger partial charge < -0.3 is 9.64 Å². The van der Waals surface area contributed by atoms with E-state index < -0.39 is 0 Å². The van der Waals surface area contributed by atoms with Crippen molar-refractivity contribution in [3.05, 3.63) is 46.8 Å². The molecule has 1 heterocycles. The minimum Gasteiger partial charge on any atom is -0.494 e. The molecule has 0 N–H and O–H groups in total. The van der Waals surface area contributed by atoms with Crippen LogP contribution in [0, 0.1) is 0 Å². The van der Waals surface area contributed by atoms with E-state index in [2.05, 4.69) is 23.8 Å². The van der Waals surface area contributed by atoms with Gasteiger partial charge in [0.25, 0.3) is 5.56 Å². The molecule has 1 aromatic carbocycles. The zero-order chi connectivity index (χ0) is 18.8. The van der Waals surface area contributed by atoms with E-state index in [1.807, 2.05) is 31.2 Å². The molecule has 0 aliphatic heterocycles. The lowest BCUT2D eigenvalue weighted by Crippen LogP contribution is -2.26. The lowest BCUT2D eigenvalue weighted by Gasteiger charge is -2.19. The first-order valence-electron chi connectivity index (χ1n) is 9.71. The fraction of sp³-hybridized carbons (Fsp3) is 0.524. The van der Waals surface area contributed by atoms with Crippen LogP contribution < -0.4 is 10.3 Å². The summed E-state index contributed by atoms with van der Waals surface area (Å²) in [5.74, 6) is 0.870. The van der Waals surface area contributed by atoms with E-state index in [0.717, 1.165) is 43.1 Å². The summed E-state index contributed by atoms with van der Waals surface area (Å²) in [5.41, 5.74) is 1.71. The van der Waals surface area contributed by atoms with Crippen molar-refractivity contribution in [3.63, 3.8) is 0 Å². The van der Waals surface area contributed by atoms with Gasteiger partial charge in [0, 0.05) is 24.7 Å². The van der Waals surface area contributed by atoms with Crippen molar-refractivity contribution in [2.75, 3.05) is 26.2 Å². The van der Waals surface area contributed by atoms with Gasteiger partial charge in [-0.3, -0.25) is 4.79 Å². The molecule has 0 radical (unpaired) electrons. The van der Waals surface area contributed by atoms with Gasteiger partial charge in [0.15, 0.2) is 0 Å². The second kappa shape index (κ2) is 10.8. The Labute approximate surface area is 156 Å². The van der Waals surface area contributed by atoms with Crippen LogP contribution >= 0.6 is 0 Å². The maximum atomic E-state index is 11.6. The standard InChI is InChI=1S/C21H31N3O2/c1-4-7-15-23(5-2)16-8-17-26-19-11-9-18(10-12-19)20-13-14-21(25)24(6-3)22-20/h9-14H,4-8,15-17H2,1-3H3. The number of hydrogen-bond acceptors (Lipinski definition) is 4. The molecule has 2 aromatic rings. The molecule has 142 valence electrons. The van der Waals surface area contributed by atoms with Crippen molar-refractivity contribution in [1.29, 1.82) is 0 Å². The Hall–Kier alpha value is -2.14. The molecule has 0 spiro atoms. The molecule has 0 saturated heterocycles. The number of nitrogens with zero attached hydrogens (tertiary/aromatic N) is 3. The molecule has 5 heteroatoms. The Morgan fingerprint density at radius 2 is 1.73 bits per heavy atom. The summed E-state index contributed by atoms with van der Waals surface area (Å²) < 4.78 is 7.33. The summed E-state index contributed by atoms with van der Waals surface area (Å²) in [6.45, 7) is 11.0. The van der Waals surface area contributed by atoms with Crippen LogP contribution in [0.1, 0.15) is 40.0 Å². The van der Waals surface area contributed by atoms with Crippen LogP contribution in [0.5, 0.6) is 5.75 Å². The minimum absolute atomic E-state index is 0.0729. The first-order valence-corrected chi connectivity index (χ1v) is 9.71. The van der Waals surface area contributed by atoms with Gasteiger partial charge in [0.05, 0.1) is 12.3 Å². The van der Waals surface area contributed by atoms with Crippen molar-refractivity contribution in [2.24, 2.45) is 0 Å². The van der Waals surface area contributed by atoms with Gasteiger partial charge in [0.2, 0.25) is 0 Å². The Morgan fingerprint density at radius 1 is 1.00 bits per heavy atom. The summed E-state index contributed by atoms with van der Waals surface area (Å²) in [5, 5.41) is 4.38. The van der Waals surface area contributed by atoms with Crippen molar-refractivity contribution >= 4 is 0 Å². The van der Waals surface area contributed by atoms with Crippen molar-refractivity contribution in [3.8, 4) is 17.0 Å². The highest BCUT2D eigenvalue weighted by molar-refractivity contribution is 5.59. The highest BCUT2D eigenvalue weighted by atomic mass is 16.5. The third-order valence-corrected chi connectivity index (χ3v) is 4.48. The molecule has 0 unspecified atom stereocenters. The van der Waals surface area contributed by atoms with Crippen LogP contribution in [0.25, 0.3) is 11.3 Å². The second-order valence-corrected chi connectivity index (χ2v) is 6.39. The molecule has 0 amide bonds. The van der Waals surface area contributed by atoms with Crippen LogP contribution in [0.3, 0.4) is 0 Å². The highest BCUT2D eigenvalue weighted by Crippen LogP contribution is 2.20. The van der Waals surface area contributed by atoms with Gasteiger partial charge >= 0.3 is 0 Å². The number of unbranched alkanes of at least 4 members (excludes halogenated alkanes) is 1. The molecule has 0 bridgehead atoms. The fourth-order valence-electron chi connectivity index (χ4n) is 2.84. The summed E-state index contributed by atoms with van der Waals surface area (Å²) in [4.78, 5) is 14.1. The lowest BCUT2D eigenvalue weighted by molar-refractivity contribution is 0.239. The summed E-state index contributed by atoms with van der Waals surface area (Å²) >= 11 is 0. The van der Waals surface area contributed by atoms with Gasteiger partial charge in [-0.25, -0.2) is 4.68 Å². The topological polar surface area (TPSA) is 47.4 Å². The zero-order valence-corrected chi connectivity index (χ0v) is 16.3. The van der Waals surface area contributed by atoms with Crippen LogP contribution in [0.2, 0.25) is 0 Å². The first kappa shape index (κ1) is 20.2. The normalized spacial score (nSPS) is 11.1. The number of aromatic nitrogens is 2. The molecule has 0 fully saturated rings. The Kier molecular flexibility index (Phi) is 8.35. The molecule has 0 aliphatic carbocycles. The number of ether oxygens (including phenoxy) is 1. The molecule has 2 rings (SSSR count). The summed E-state index contributed by atoms with van der Waals surface area (Å²) in [6.07, 6.45) is 3.53. The molecule has 0 aliphatic rings. The van der Waals surface area contributed by atoms with Crippen LogP contribution in [0.4, 0.5) is 0 Å². The molecule has 0 atom stereocenters. The maximum absolute atomic E-state index is 11.6. The third-order valence-electron chi connectivity index (χ3n) is 4.48. The van der Waals surface area contributed by atoms with E-state index in [1.165, 1.54) is 24.1 Å². The SMILES string of the molecule is CCCCN(CC)CCCOc1ccc(-c2ccc(=O)n(CC)n2)cc1. The van der Waals surface area contributed by atoms with Crippen molar-refractivity contribution in [1.82, 2.24) is 14.7 Å². The molecule has 5 nitrogen and oxygen atoms in total. The largest absolute Gasteiger partial charge is 0.494 e. The van der Waals surface area contributed by atoms with Gasteiger partial charge in [-0.2, -0.15) is 5.10 Å². The number of benzene rings is 1. The Morgan fingerprint density at radius 3 is 2.38 bits per heavy atom. The van der Waals surface area contributed by atoms with Crippen LogP contribution in [0.15, 0.2) is 41.2 Å². The predicted octanol–water partition coefficient (Wildman–Crippen LogP) is 3.82. The monoisotopic (exact) mass is 357 g/mol. The summed E-state index contributed by atoms with van der Waals surface area (Å²) in [7, 11) is 0. The van der Waals surface area contributed by atoms with E-state index in [-0.39, 0.29) is 5.56 Å². The van der Waals surface area contributed by atoms with E-state index in [0.29, 0.717) is 6.54 Å². The smallest absolute Gasteiger partial charge is 0.266 e. The number of rotatable bonds is 11. The lowest BCUT2D eigenvalue weighted by atomic mass is 10.1. The number of aryl methyl sites for hydroxylation is 1. The molecule has 26 heavy (non-hydrogen) atoms. The van der Waals surface area contributed by atoms with Crippen molar-refractivity contribution < 1.29 is 4.74 Å². The highest BCUT2D eigenvalue weighted by Gasteiger charge is 2.04. The summed E-state index contributed by atoms with van der Waals surface area (Å²) in [6, 6.07) is 11.2. The zero-order valence-electron chi connectivity index (χ0n) is 16.3. The quantitative estimate of drug-likeness (QED) is 0.574. The van der Waals surface area contributed by atoms with E-state index in [9.17, 15) is 4.79 Å². The molecular formula is C21H31N3O2. The third kappa shape index (κ3) is 5.99. The maximum Gasteiger partial charge on any atom is 0.266 e. The fourth-order valence-corrected chi connectivity index (χ4v) is 2.84. The van der Waals surface area contributed by atoms with Gasteiger partial charge in [0.1, 0.15) is 5.75 Å². The van der Waals surface area contributed by atoms with Gasteiger partial charge in [-0.05, 0) is 63.2 Å². The number of hydrogen-bond donors (Lipinski definition) is 0. The molecule has 0 saturated carbocycles. The average Bonchev–Trinajstić information content (AvgIpc) is 2.68. The van der Waals surface area contributed by atoms with Gasteiger partial charge in [-0.15, -0.1) is 0 Å². The minimum atomic E-state index is -0.0729.